The Balaban J connectivity index is 1.77. The molecule has 0 spiro atoms. The Kier molecular flexibility index (Phi) is 14.5. The first-order valence-electron chi connectivity index (χ1n) is 13.1. The number of hydrogen-bond acceptors (Lipinski definition) is 6. The van der Waals surface area contributed by atoms with Crippen molar-refractivity contribution in [2.24, 2.45) is 9.98 Å². The average Bonchev–Trinajstić information content (AvgIpc) is 2.86. The highest BCUT2D eigenvalue weighted by atomic mass is 16.5. The maximum Gasteiger partial charge on any atom is 0.299 e. The van der Waals surface area contributed by atoms with E-state index in [1.165, 1.54) is 57.8 Å². The van der Waals surface area contributed by atoms with Crippen LogP contribution in [0.5, 0.6) is 5.75 Å². The van der Waals surface area contributed by atoms with E-state index in [9.17, 15) is 4.79 Å². The lowest BCUT2D eigenvalue weighted by Gasteiger charge is -2.14. The SMILES string of the molecule is CCCCCCCCCCOc1ccc(C2=NCC(=COCCCCCC)C(OC=O)=N2)cc1. The summed E-state index contributed by atoms with van der Waals surface area (Å²) >= 11 is 0. The van der Waals surface area contributed by atoms with E-state index in [0.717, 1.165) is 37.2 Å². The topological polar surface area (TPSA) is 69.5 Å². The number of benzene rings is 1. The molecule has 0 fully saturated rings. The van der Waals surface area contributed by atoms with Crippen molar-refractivity contribution in [2.75, 3.05) is 19.8 Å². The Hall–Kier alpha value is -2.63. The van der Waals surface area contributed by atoms with Gasteiger partial charge in [0.1, 0.15) is 5.75 Å². The number of carbonyl (C=O) groups is 1. The summed E-state index contributed by atoms with van der Waals surface area (Å²) in [6, 6.07) is 7.73. The van der Waals surface area contributed by atoms with E-state index in [2.05, 4.69) is 23.8 Å². The number of unbranched alkanes of at least 4 members (excludes halogenated alkanes) is 10. The minimum Gasteiger partial charge on any atom is -0.501 e. The van der Waals surface area contributed by atoms with Gasteiger partial charge >= 0.3 is 0 Å². The Morgan fingerprint density at radius 3 is 2.12 bits per heavy atom. The van der Waals surface area contributed by atoms with Gasteiger partial charge in [0.2, 0.25) is 5.90 Å². The highest BCUT2D eigenvalue weighted by molar-refractivity contribution is 6.12. The monoisotopic (exact) mass is 470 g/mol. The number of nitrogens with zero attached hydrogens (tertiary/aromatic N) is 2. The van der Waals surface area contributed by atoms with Crippen LogP contribution in [0.1, 0.15) is 96.5 Å². The standard InChI is InChI=1S/C28H42N2O4/c1-3-5-7-9-10-11-12-14-20-33-26-17-15-24(16-18-26)27-29-21-25(28(30-27)34-23-31)22-32-19-13-8-6-4-2/h15-18,22-23H,3-14,19-21H2,1-2H3. The van der Waals surface area contributed by atoms with Crippen LogP contribution in [0, 0.1) is 0 Å². The Bertz CT molecular complexity index is 784. The third-order valence-corrected chi connectivity index (χ3v) is 5.76. The van der Waals surface area contributed by atoms with Crippen molar-refractivity contribution >= 4 is 18.2 Å². The summed E-state index contributed by atoms with van der Waals surface area (Å²) in [6.45, 7) is 6.54. The zero-order chi connectivity index (χ0) is 24.3. The second-order valence-corrected chi connectivity index (χ2v) is 8.69. The molecule has 0 saturated heterocycles. The van der Waals surface area contributed by atoms with Gasteiger partial charge in [-0.2, -0.15) is 4.99 Å². The molecule has 1 aromatic carbocycles. The summed E-state index contributed by atoms with van der Waals surface area (Å²) in [5, 5.41) is 0. The van der Waals surface area contributed by atoms with Crippen molar-refractivity contribution in [1.82, 2.24) is 0 Å². The molecule has 6 heteroatoms. The Morgan fingerprint density at radius 1 is 0.824 bits per heavy atom. The number of aliphatic imine (C=N–C) groups is 2. The maximum absolute atomic E-state index is 11.0. The van der Waals surface area contributed by atoms with Crippen molar-refractivity contribution in [3.8, 4) is 5.75 Å². The highest BCUT2D eigenvalue weighted by Crippen LogP contribution is 2.18. The van der Waals surface area contributed by atoms with Gasteiger partial charge in [0.15, 0.2) is 5.84 Å². The molecule has 1 aliphatic heterocycles. The normalized spacial score (nSPS) is 14.5. The van der Waals surface area contributed by atoms with Gasteiger partial charge in [0.25, 0.3) is 6.47 Å². The molecule has 0 radical (unpaired) electrons. The molecule has 0 amide bonds. The Labute approximate surface area is 205 Å². The van der Waals surface area contributed by atoms with Gasteiger partial charge in [-0.1, -0.05) is 78.1 Å². The van der Waals surface area contributed by atoms with E-state index in [1.807, 2.05) is 24.3 Å². The lowest BCUT2D eigenvalue weighted by molar-refractivity contribution is -0.121. The van der Waals surface area contributed by atoms with Crippen LogP contribution in [0.15, 0.2) is 46.1 Å². The number of ether oxygens (including phenoxy) is 3. The number of rotatable bonds is 18. The molecule has 0 aliphatic carbocycles. The number of amidine groups is 1. The summed E-state index contributed by atoms with van der Waals surface area (Å²) in [6.07, 6.45) is 16.4. The minimum atomic E-state index is 0.239. The van der Waals surface area contributed by atoms with Gasteiger partial charge in [-0.25, -0.2) is 0 Å². The van der Waals surface area contributed by atoms with E-state index in [-0.39, 0.29) is 5.90 Å². The van der Waals surface area contributed by atoms with Crippen molar-refractivity contribution < 1.29 is 19.0 Å². The summed E-state index contributed by atoms with van der Waals surface area (Å²) in [7, 11) is 0. The molecule has 0 bridgehead atoms. The fourth-order valence-electron chi connectivity index (χ4n) is 3.72. The van der Waals surface area contributed by atoms with Crippen LogP contribution < -0.4 is 4.74 Å². The first kappa shape index (κ1) is 27.6. The lowest BCUT2D eigenvalue weighted by Crippen LogP contribution is -2.19. The van der Waals surface area contributed by atoms with E-state index < -0.39 is 0 Å². The molecule has 1 aromatic rings. The number of hydrogen-bond donors (Lipinski definition) is 0. The molecule has 0 aromatic heterocycles. The minimum absolute atomic E-state index is 0.239. The fraction of sp³-hybridized carbons (Fsp3) is 0.607. The molecule has 0 atom stereocenters. The van der Waals surface area contributed by atoms with Crippen molar-refractivity contribution in [2.45, 2.75) is 90.9 Å². The fourth-order valence-corrected chi connectivity index (χ4v) is 3.72. The molecule has 2 rings (SSSR count). The molecule has 6 nitrogen and oxygen atoms in total. The van der Waals surface area contributed by atoms with Crippen LogP contribution in [-0.2, 0) is 14.3 Å². The van der Waals surface area contributed by atoms with Crippen LogP contribution in [-0.4, -0.2) is 38.0 Å². The first-order valence-corrected chi connectivity index (χ1v) is 13.1. The molecule has 1 heterocycles. The van der Waals surface area contributed by atoms with Gasteiger partial charge in [-0.15, -0.1) is 0 Å². The molecule has 1 aliphatic rings. The van der Waals surface area contributed by atoms with Gasteiger partial charge in [0, 0.05) is 5.56 Å². The summed E-state index contributed by atoms with van der Waals surface area (Å²) in [5.74, 6) is 1.61. The Morgan fingerprint density at radius 2 is 1.44 bits per heavy atom. The zero-order valence-corrected chi connectivity index (χ0v) is 21.1. The predicted octanol–water partition coefficient (Wildman–Crippen LogP) is 7.02. The summed E-state index contributed by atoms with van der Waals surface area (Å²) in [5.41, 5.74) is 1.52. The summed E-state index contributed by atoms with van der Waals surface area (Å²) < 4.78 is 16.6. The quantitative estimate of drug-likeness (QED) is 0.131. The predicted molar refractivity (Wildman–Crippen MR) is 139 cm³/mol. The molecule has 34 heavy (non-hydrogen) atoms. The third-order valence-electron chi connectivity index (χ3n) is 5.76. The third kappa shape index (κ3) is 11.0. The molecule has 0 N–H and O–H groups in total. The molecule has 0 unspecified atom stereocenters. The van der Waals surface area contributed by atoms with Gasteiger partial charge in [0.05, 0.1) is 31.6 Å². The van der Waals surface area contributed by atoms with Crippen LogP contribution in [0.4, 0.5) is 0 Å². The maximum atomic E-state index is 11.0. The van der Waals surface area contributed by atoms with Crippen LogP contribution >= 0.6 is 0 Å². The molecular weight excluding hydrogens is 428 g/mol. The van der Waals surface area contributed by atoms with E-state index in [0.29, 0.717) is 31.0 Å². The smallest absolute Gasteiger partial charge is 0.299 e. The van der Waals surface area contributed by atoms with Crippen molar-refractivity contribution in [3.05, 3.63) is 41.7 Å². The molecular formula is C28H42N2O4. The largest absolute Gasteiger partial charge is 0.501 e. The van der Waals surface area contributed by atoms with Crippen LogP contribution in [0.2, 0.25) is 0 Å². The van der Waals surface area contributed by atoms with Crippen molar-refractivity contribution in [1.29, 1.82) is 0 Å². The van der Waals surface area contributed by atoms with Crippen molar-refractivity contribution in [3.63, 3.8) is 0 Å². The zero-order valence-electron chi connectivity index (χ0n) is 21.1. The lowest BCUT2D eigenvalue weighted by atomic mass is 10.1. The summed E-state index contributed by atoms with van der Waals surface area (Å²) in [4.78, 5) is 19.9. The van der Waals surface area contributed by atoms with Gasteiger partial charge in [-0.3, -0.25) is 9.79 Å². The first-order chi connectivity index (χ1) is 16.8. The average molecular weight is 471 g/mol. The van der Waals surface area contributed by atoms with E-state index >= 15 is 0 Å². The van der Waals surface area contributed by atoms with Crippen LogP contribution in [0.3, 0.4) is 0 Å². The van der Waals surface area contributed by atoms with E-state index in [4.69, 9.17) is 14.2 Å². The van der Waals surface area contributed by atoms with Gasteiger partial charge in [-0.05, 0) is 37.1 Å². The van der Waals surface area contributed by atoms with Gasteiger partial charge < -0.3 is 14.2 Å². The second-order valence-electron chi connectivity index (χ2n) is 8.69. The molecule has 188 valence electrons. The molecule has 0 saturated carbocycles. The van der Waals surface area contributed by atoms with Crippen LogP contribution in [0.25, 0.3) is 0 Å². The number of carbonyl (C=O) groups excluding carboxylic acids is 1. The van der Waals surface area contributed by atoms with E-state index in [1.54, 1.807) is 6.26 Å². The second kappa shape index (κ2) is 17.8. The highest BCUT2D eigenvalue weighted by Gasteiger charge is 2.17.